The van der Waals surface area contributed by atoms with E-state index in [1.807, 2.05) is 13.2 Å². The molecule has 0 spiro atoms. The molecule has 178 valence electrons. The van der Waals surface area contributed by atoms with Gasteiger partial charge in [-0.05, 0) is 51.3 Å². The first-order valence-electron chi connectivity index (χ1n) is 11.4. The van der Waals surface area contributed by atoms with Crippen molar-refractivity contribution in [2.75, 3.05) is 32.7 Å². The molecule has 3 rings (SSSR count). The molecular formula is C24H39IN6O. The van der Waals surface area contributed by atoms with Crippen molar-refractivity contribution in [3.05, 3.63) is 53.9 Å². The fourth-order valence-corrected chi connectivity index (χ4v) is 4.03. The number of nitrogens with one attached hydrogen (secondary N) is 2. The Labute approximate surface area is 209 Å². The molecule has 8 heteroatoms. The van der Waals surface area contributed by atoms with Crippen LogP contribution in [-0.4, -0.2) is 58.5 Å². The van der Waals surface area contributed by atoms with Crippen LogP contribution in [0, 0.1) is 5.92 Å². The Morgan fingerprint density at radius 3 is 2.53 bits per heavy atom. The van der Waals surface area contributed by atoms with Gasteiger partial charge in [0, 0.05) is 31.9 Å². The molecule has 1 fully saturated rings. The summed E-state index contributed by atoms with van der Waals surface area (Å²) < 4.78 is 1.70. The molecule has 0 radical (unpaired) electrons. The third-order valence-electron chi connectivity index (χ3n) is 6.12. The lowest BCUT2D eigenvalue weighted by atomic mass is 9.95. The van der Waals surface area contributed by atoms with Crippen molar-refractivity contribution in [3.63, 3.8) is 0 Å². The van der Waals surface area contributed by atoms with Gasteiger partial charge in [0.05, 0.1) is 18.8 Å². The quantitative estimate of drug-likeness (QED) is 0.265. The number of piperidine rings is 1. The first kappa shape index (κ1) is 26.6. The summed E-state index contributed by atoms with van der Waals surface area (Å²) in [5.41, 5.74) is 1.01. The highest BCUT2D eigenvalue weighted by Crippen LogP contribution is 2.26. The van der Waals surface area contributed by atoms with Crippen molar-refractivity contribution in [3.8, 4) is 0 Å². The maximum atomic E-state index is 10.9. The predicted molar refractivity (Wildman–Crippen MR) is 141 cm³/mol. The minimum atomic E-state index is -1.07. The van der Waals surface area contributed by atoms with Crippen LogP contribution in [0.5, 0.6) is 0 Å². The number of aryl methyl sites for hydroxylation is 1. The van der Waals surface area contributed by atoms with Gasteiger partial charge in [0.25, 0.3) is 0 Å². The van der Waals surface area contributed by atoms with E-state index in [1.54, 1.807) is 17.8 Å². The van der Waals surface area contributed by atoms with Crippen LogP contribution in [0.2, 0.25) is 0 Å². The van der Waals surface area contributed by atoms with Crippen LogP contribution in [0.3, 0.4) is 0 Å². The van der Waals surface area contributed by atoms with Gasteiger partial charge in [-0.2, -0.15) is 5.10 Å². The fraction of sp³-hybridized carbons (Fsp3) is 0.583. The smallest absolute Gasteiger partial charge is 0.191 e. The molecule has 32 heavy (non-hydrogen) atoms. The Bertz CT molecular complexity index is 830. The maximum absolute atomic E-state index is 10.9. The molecule has 2 unspecified atom stereocenters. The molecule has 0 amide bonds. The highest BCUT2D eigenvalue weighted by Gasteiger charge is 2.26. The van der Waals surface area contributed by atoms with Gasteiger partial charge in [-0.25, -0.2) is 4.99 Å². The Balaban J connectivity index is 0.00000363. The third-order valence-corrected chi connectivity index (χ3v) is 6.12. The van der Waals surface area contributed by atoms with E-state index < -0.39 is 5.60 Å². The molecule has 2 atom stereocenters. The van der Waals surface area contributed by atoms with Crippen LogP contribution in [0.4, 0.5) is 0 Å². The van der Waals surface area contributed by atoms with Crippen LogP contribution in [0.25, 0.3) is 0 Å². The molecule has 0 saturated carbocycles. The van der Waals surface area contributed by atoms with Crippen molar-refractivity contribution in [1.29, 1.82) is 0 Å². The second kappa shape index (κ2) is 12.6. The van der Waals surface area contributed by atoms with Crippen molar-refractivity contribution in [2.24, 2.45) is 18.0 Å². The lowest BCUT2D eigenvalue weighted by Gasteiger charge is -2.37. The van der Waals surface area contributed by atoms with Gasteiger partial charge in [-0.15, -0.1) is 24.0 Å². The van der Waals surface area contributed by atoms with Crippen molar-refractivity contribution < 1.29 is 5.11 Å². The van der Waals surface area contributed by atoms with E-state index >= 15 is 0 Å². The van der Waals surface area contributed by atoms with E-state index in [9.17, 15) is 5.11 Å². The molecule has 7 nitrogen and oxygen atoms in total. The average molecular weight is 555 g/mol. The number of likely N-dealkylation sites (tertiary alicyclic amines) is 1. The van der Waals surface area contributed by atoms with Crippen LogP contribution in [0.15, 0.2) is 47.7 Å². The van der Waals surface area contributed by atoms with Gasteiger partial charge < -0.3 is 15.7 Å². The van der Waals surface area contributed by atoms with Crippen LogP contribution >= 0.6 is 24.0 Å². The van der Waals surface area contributed by atoms with Gasteiger partial charge in [0.1, 0.15) is 5.60 Å². The van der Waals surface area contributed by atoms with Crippen LogP contribution in [0.1, 0.15) is 50.8 Å². The summed E-state index contributed by atoms with van der Waals surface area (Å²) >= 11 is 0. The number of rotatable bonds is 8. The zero-order chi connectivity index (χ0) is 22.3. The molecule has 1 saturated heterocycles. The molecule has 1 aromatic carbocycles. The van der Waals surface area contributed by atoms with Gasteiger partial charge in [-0.1, -0.05) is 37.3 Å². The van der Waals surface area contributed by atoms with Gasteiger partial charge >= 0.3 is 0 Å². The number of hydrogen-bond acceptors (Lipinski definition) is 4. The highest BCUT2D eigenvalue weighted by molar-refractivity contribution is 14.0. The Kier molecular flexibility index (Phi) is 10.4. The van der Waals surface area contributed by atoms with Crippen LogP contribution < -0.4 is 10.6 Å². The van der Waals surface area contributed by atoms with E-state index in [2.05, 4.69) is 69.8 Å². The van der Waals surface area contributed by atoms with Gasteiger partial charge in [0.15, 0.2) is 5.96 Å². The third kappa shape index (κ3) is 7.45. The van der Waals surface area contributed by atoms with Gasteiger partial charge in [-0.3, -0.25) is 9.58 Å². The van der Waals surface area contributed by atoms with Crippen molar-refractivity contribution in [1.82, 2.24) is 25.3 Å². The largest absolute Gasteiger partial charge is 0.383 e. The minimum Gasteiger partial charge on any atom is -0.383 e. The summed E-state index contributed by atoms with van der Waals surface area (Å²) in [6, 6.07) is 11.0. The van der Waals surface area contributed by atoms with Crippen molar-refractivity contribution >= 4 is 29.9 Å². The molecule has 1 aliphatic rings. The molecule has 3 N–H and O–H groups in total. The molecule has 1 aliphatic heterocycles. The molecule has 2 aromatic rings. The first-order chi connectivity index (χ1) is 14.9. The van der Waals surface area contributed by atoms with E-state index in [4.69, 9.17) is 0 Å². The number of aliphatic imine (C=N–C) groups is 1. The lowest BCUT2D eigenvalue weighted by Crippen LogP contribution is -2.45. The normalized spacial score (nSPS) is 18.5. The monoisotopic (exact) mass is 554 g/mol. The summed E-state index contributed by atoms with van der Waals surface area (Å²) in [7, 11) is 1.85. The Hall–Kier alpha value is -1.65. The summed E-state index contributed by atoms with van der Waals surface area (Å²) in [6.45, 7) is 10.2. The van der Waals surface area contributed by atoms with Gasteiger partial charge in [0.2, 0.25) is 0 Å². The molecule has 0 bridgehead atoms. The number of aliphatic hydroxyl groups is 1. The number of benzene rings is 1. The van der Waals surface area contributed by atoms with E-state index in [-0.39, 0.29) is 36.6 Å². The second-order valence-corrected chi connectivity index (χ2v) is 8.90. The SMILES string of the molecule is CCNC(=NCC(C)(O)c1cnn(C)c1)NCC(c1ccccc1)N1CCC(C)CC1.I. The number of aromatic nitrogens is 2. The average Bonchev–Trinajstić information content (AvgIpc) is 3.21. The van der Waals surface area contributed by atoms with E-state index in [1.165, 1.54) is 18.4 Å². The summed E-state index contributed by atoms with van der Waals surface area (Å²) in [5, 5.41) is 21.9. The lowest BCUT2D eigenvalue weighted by molar-refractivity contribution is 0.0671. The number of hydrogen-bond donors (Lipinski definition) is 3. The second-order valence-electron chi connectivity index (χ2n) is 8.90. The van der Waals surface area contributed by atoms with Crippen molar-refractivity contribution in [2.45, 2.75) is 45.3 Å². The zero-order valence-electron chi connectivity index (χ0n) is 19.8. The molecule has 2 heterocycles. The topological polar surface area (TPSA) is 77.7 Å². The number of halogens is 1. The maximum Gasteiger partial charge on any atom is 0.191 e. The minimum absolute atomic E-state index is 0. The Morgan fingerprint density at radius 2 is 1.94 bits per heavy atom. The summed E-state index contributed by atoms with van der Waals surface area (Å²) in [6.07, 6.45) is 6.01. The standard InChI is InChI=1S/C24H38N6O.HI/c1-5-25-23(27-18-24(3,31)21-15-28-29(4)17-21)26-16-22(20-9-7-6-8-10-20)30-13-11-19(2)12-14-30;/h6-10,15,17,19,22,31H,5,11-14,16,18H2,1-4H3,(H2,25,26,27);1H. The highest BCUT2D eigenvalue weighted by atomic mass is 127. The summed E-state index contributed by atoms with van der Waals surface area (Å²) in [5.74, 6) is 1.52. The van der Waals surface area contributed by atoms with E-state index in [0.717, 1.165) is 43.6 Å². The number of nitrogens with zero attached hydrogens (tertiary/aromatic N) is 4. The molecular weight excluding hydrogens is 515 g/mol. The fourth-order valence-electron chi connectivity index (χ4n) is 4.03. The summed E-state index contributed by atoms with van der Waals surface area (Å²) in [4.78, 5) is 7.26. The number of guanidine groups is 1. The first-order valence-corrected chi connectivity index (χ1v) is 11.4. The predicted octanol–water partition coefficient (Wildman–Crippen LogP) is 3.27. The molecule has 1 aromatic heterocycles. The van der Waals surface area contributed by atoms with Crippen LogP contribution in [-0.2, 0) is 12.6 Å². The zero-order valence-corrected chi connectivity index (χ0v) is 22.1. The molecule has 0 aliphatic carbocycles. The van der Waals surface area contributed by atoms with E-state index in [0.29, 0.717) is 0 Å². The Morgan fingerprint density at radius 1 is 1.25 bits per heavy atom.